The number of rotatable bonds is 4. The molecule has 0 saturated carbocycles. The first-order valence-corrected chi connectivity index (χ1v) is 8.92. The molecule has 1 aliphatic rings. The van der Waals surface area contributed by atoms with Gasteiger partial charge in [0.05, 0.1) is 5.56 Å². The predicted octanol–water partition coefficient (Wildman–Crippen LogP) is 2.99. The highest BCUT2D eigenvalue weighted by molar-refractivity contribution is 6.09. The molecule has 7 nitrogen and oxygen atoms in total. The molecule has 0 N–H and O–H groups in total. The highest BCUT2D eigenvalue weighted by Gasteiger charge is 2.60. The van der Waals surface area contributed by atoms with Crippen molar-refractivity contribution >= 4 is 17.9 Å². The Balaban J connectivity index is 1.80. The van der Waals surface area contributed by atoms with Gasteiger partial charge in [0.15, 0.2) is 5.54 Å². The Labute approximate surface area is 167 Å². The molecule has 1 fully saturated rings. The Bertz CT molecular complexity index is 1020. The zero-order valence-electron chi connectivity index (χ0n) is 15.6. The molecule has 2 aromatic carbocycles. The molecule has 144 valence electrons. The second kappa shape index (κ2) is 7.20. The largest absolute Gasteiger partial charge is 0.365 e. The van der Waals surface area contributed by atoms with E-state index >= 15 is 0 Å². The van der Waals surface area contributed by atoms with Crippen molar-refractivity contribution < 1.29 is 19.2 Å². The van der Waals surface area contributed by atoms with Crippen molar-refractivity contribution in [1.82, 2.24) is 14.9 Å². The van der Waals surface area contributed by atoms with E-state index in [9.17, 15) is 14.4 Å². The summed E-state index contributed by atoms with van der Waals surface area (Å²) in [6.45, 7) is 0. The zero-order valence-corrected chi connectivity index (χ0v) is 15.6. The molecule has 3 amide bonds. The van der Waals surface area contributed by atoms with E-state index in [2.05, 4.69) is 4.98 Å². The Morgan fingerprint density at radius 2 is 1.48 bits per heavy atom. The summed E-state index contributed by atoms with van der Waals surface area (Å²) < 4.78 is 0. The summed E-state index contributed by atoms with van der Waals surface area (Å²) in [6, 6.07) is 20.2. The normalized spacial score (nSPS) is 15.5. The van der Waals surface area contributed by atoms with Gasteiger partial charge in [-0.2, -0.15) is 0 Å². The number of carbonyl (C=O) groups excluding carboxylic acids is 3. The van der Waals surface area contributed by atoms with Gasteiger partial charge in [-0.3, -0.25) is 9.78 Å². The van der Waals surface area contributed by atoms with Gasteiger partial charge >= 0.3 is 12.0 Å². The number of benzene rings is 2. The third-order valence-corrected chi connectivity index (χ3v) is 4.91. The van der Waals surface area contributed by atoms with Gasteiger partial charge in [0.25, 0.3) is 5.91 Å². The van der Waals surface area contributed by atoms with Crippen LogP contribution in [0.15, 0.2) is 85.2 Å². The van der Waals surface area contributed by atoms with Crippen molar-refractivity contribution in [1.29, 1.82) is 0 Å². The van der Waals surface area contributed by atoms with Crippen LogP contribution in [0.4, 0.5) is 4.79 Å². The molecular weight excluding hydrogens is 370 g/mol. The molecule has 2 heterocycles. The van der Waals surface area contributed by atoms with Crippen molar-refractivity contribution in [3.8, 4) is 0 Å². The summed E-state index contributed by atoms with van der Waals surface area (Å²) in [5.41, 5.74) is -0.138. The van der Waals surface area contributed by atoms with E-state index in [0.717, 1.165) is 0 Å². The van der Waals surface area contributed by atoms with E-state index in [1.807, 2.05) is 12.1 Å². The van der Waals surface area contributed by atoms with Crippen LogP contribution in [0, 0.1) is 0 Å². The van der Waals surface area contributed by atoms with Crippen LogP contribution < -0.4 is 0 Å². The number of hydrogen-bond acceptors (Lipinski definition) is 5. The Morgan fingerprint density at radius 1 is 0.897 bits per heavy atom. The molecule has 3 aromatic rings. The van der Waals surface area contributed by atoms with Crippen LogP contribution in [0.1, 0.15) is 21.5 Å². The van der Waals surface area contributed by atoms with Gasteiger partial charge in [-0.15, -0.1) is 0 Å². The van der Waals surface area contributed by atoms with E-state index in [1.165, 1.54) is 30.4 Å². The zero-order chi connectivity index (χ0) is 20.4. The topological polar surface area (TPSA) is 79.8 Å². The Hall–Kier alpha value is -4.00. The number of pyridine rings is 1. The lowest BCUT2D eigenvalue weighted by Gasteiger charge is -2.33. The molecule has 0 bridgehead atoms. The summed E-state index contributed by atoms with van der Waals surface area (Å²) >= 11 is 0. The summed E-state index contributed by atoms with van der Waals surface area (Å²) in [5, 5.41) is 0.523. The first-order valence-electron chi connectivity index (χ1n) is 8.92. The third-order valence-electron chi connectivity index (χ3n) is 4.91. The Morgan fingerprint density at radius 3 is 2.00 bits per heavy atom. The molecule has 0 unspecified atom stereocenters. The lowest BCUT2D eigenvalue weighted by atomic mass is 9.82. The molecule has 1 aliphatic heterocycles. The first-order chi connectivity index (χ1) is 14.1. The van der Waals surface area contributed by atoms with Crippen LogP contribution in [-0.2, 0) is 15.2 Å². The summed E-state index contributed by atoms with van der Waals surface area (Å²) in [6.07, 6.45) is 2.81. The molecule has 0 spiro atoms. The van der Waals surface area contributed by atoms with E-state index in [1.54, 1.807) is 54.6 Å². The number of likely N-dealkylation sites (N-methyl/N-ethyl adjacent to an activating group) is 1. The summed E-state index contributed by atoms with van der Waals surface area (Å²) in [4.78, 5) is 49.4. The predicted molar refractivity (Wildman–Crippen MR) is 103 cm³/mol. The number of hydrogen-bond donors (Lipinski definition) is 0. The number of nitrogens with zero attached hydrogens (tertiary/aromatic N) is 3. The van der Waals surface area contributed by atoms with Gasteiger partial charge in [-0.05, 0) is 23.3 Å². The number of urea groups is 1. The van der Waals surface area contributed by atoms with Crippen LogP contribution in [0.2, 0.25) is 0 Å². The van der Waals surface area contributed by atoms with Crippen LogP contribution in [-0.4, -0.2) is 39.9 Å². The maximum absolute atomic E-state index is 13.6. The molecule has 29 heavy (non-hydrogen) atoms. The lowest BCUT2D eigenvalue weighted by molar-refractivity contribution is -0.153. The SMILES string of the molecule is CN1C(=O)N(OC(=O)c2cccnc2)C(=O)C1(c1ccccc1)c1ccccc1. The van der Waals surface area contributed by atoms with E-state index in [4.69, 9.17) is 4.84 Å². The van der Waals surface area contributed by atoms with Crippen molar-refractivity contribution in [2.75, 3.05) is 7.05 Å². The maximum atomic E-state index is 13.6. The van der Waals surface area contributed by atoms with E-state index < -0.39 is 23.4 Å². The second-order valence-corrected chi connectivity index (χ2v) is 6.50. The van der Waals surface area contributed by atoms with Crippen molar-refractivity contribution in [2.24, 2.45) is 0 Å². The lowest BCUT2D eigenvalue weighted by Crippen LogP contribution is -2.46. The van der Waals surface area contributed by atoms with E-state index in [-0.39, 0.29) is 5.56 Å². The van der Waals surface area contributed by atoms with Crippen LogP contribution in [0.25, 0.3) is 0 Å². The molecule has 4 rings (SSSR count). The molecule has 0 atom stereocenters. The van der Waals surface area contributed by atoms with Crippen molar-refractivity contribution in [3.05, 3.63) is 102 Å². The van der Waals surface area contributed by atoms with Crippen molar-refractivity contribution in [2.45, 2.75) is 5.54 Å². The van der Waals surface area contributed by atoms with Gasteiger partial charge in [0.2, 0.25) is 0 Å². The molecule has 1 aromatic heterocycles. The monoisotopic (exact) mass is 387 g/mol. The van der Waals surface area contributed by atoms with Gasteiger partial charge in [0, 0.05) is 19.4 Å². The molecule has 0 radical (unpaired) electrons. The summed E-state index contributed by atoms with van der Waals surface area (Å²) in [7, 11) is 1.51. The number of hydroxylamine groups is 2. The van der Waals surface area contributed by atoms with Crippen LogP contribution >= 0.6 is 0 Å². The standard InChI is InChI=1S/C22H17N3O4/c1-24-21(28)25(29-19(26)16-9-8-14-23-15-16)20(27)22(24,17-10-4-2-5-11-17)18-12-6-3-7-13-18/h2-15H,1H3. The quantitative estimate of drug-likeness (QED) is 0.643. The fraction of sp³-hybridized carbons (Fsp3) is 0.0909. The van der Waals surface area contributed by atoms with Crippen LogP contribution in [0.3, 0.4) is 0 Å². The number of imide groups is 1. The third kappa shape index (κ3) is 2.84. The average Bonchev–Trinajstić information content (AvgIpc) is 2.96. The fourth-order valence-corrected chi connectivity index (χ4v) is 3.52. The van der Waals surface area contributed by atoms with Crippen molar-refractivity contribution in [3.63, 3.8) is 0 Å². The summed E-state index contributed by atoms with van der Waals surface area (Å²) in [5.74, 6) is -1.51. The average molecular weight is 387 g/mol. The van der Waals surface area contributed by atoms with E-state index in [0.29, 0.717) is 16.2 Å². The molecular formula is C22H17N3O4. The minimum Gasteiger partial charge on any atom is -0.323 e. The Kier molecular flexibility index (Phi) is 4.56. The number of aromatic nitrogens is 1. The second-order valence-electron chi connectivity index (χ2n) is 6.50. The highest BCUT2D eigenvalue weighted by Crippen LogP contribution is 2.42. The first kappa shape index (κ1) is 18.4. The van der Waals surface area contributed by atoms with Gasteiger partial charge in [-0.1, -0.05) is 65.7 Å². The minimum absolute atomic E-state index is 0.132. The molecule has 0 aliphatic carbocycles. The number of carbonyl (C=O) groups is 3. The van der Waals surface area contributed by atoms with Gasteiger partial charge < -0.3 is 9.74 Å². The minimum atomic E-state index is -1.45. The molecule has 7 heteroatoms. The van der Waals surface area contributed by atoms with Gasteiger partial charge in [0.1, 0.15) is 0 Å². The highest BCUT2D eigenvalue weighted by atomic mass is 16.7. The smallest absolute Gasteiger partial charge is 0.323 e. The maximum Gasteiger partial charge on any atom is 0.365 e. The van der Waals surface area contributed by atoms with Gasteiger partial charge in [-0.25, -0.2) is 9.59 Å². The fourth-order valence-electron chi connectivity index (χ4n) is 3.52. The van der Waals surface area contributed by atoms with Crippen LogP contribution in [0.5, 0.6) is 0 Å². The molecule has 1 saturated heterocycles. The number of amides is 3.